The lowest BCUT2D eigenvalue weighted by Crippen LogP contribution is -2.27. The molecule has 1 amide bonds. The maximum Gasteiger partial charge on any atom is 0.258 e. The lowest BCUT2D eigenvalue weighted by atomic mass is 10.2. The summed E-state index contributed by atoms with van der Waals surface area (Å²) in [5, 5.41) is 3.85. The van der Waals surface area contributed by atoms with E-state index in [1.807, 2.05) is 30.3 Å². The molecule has 3 aromatic rings. The van der Waals surface area contributed by atoms with E-state index in [1.165, 1.54) is 0 Å². The van der Waals surface area contributed by atoms with Gasteiger partial charge in [0.1, 0.15) is 0 Å². The minimum atomic E-state index is -0.167. The van der Waals surface area contributed by atoms with E-state index >= 15 is 0 Å². The number of hydrogen-bond acceptors (Lipinski definition) is 5. The Morgan fingerprint density at radius 1 is 1.18 bits per heavy atom. The number of likely N-dealkylation sites (N-methyl/N-ethyl adjacent to an activating group) is 1. The largest absolute Gasteiger partial charge is 0.309 e. The first-order valence-electron chi connectivity index (χ1n) is 9.74. The third-order valence-electron chi connectivity index (χ3n) is 4.70. The standard InChI is InChI=1S/C21H27N5OS/c1-4-25(5-2)13-14-26-18-10-8-7-9-17(18)23-21(26)24-20(27)16-11-12-22-19(15-16)28-6-3/h7-12,15H,4-6,13-14H2,1-3H3,(H,23,24,27). The van der Waals surface area contributed by atoms with Crippen LogP contribution in [0.15, 0.2) is 47.6 Å². The third kappa shape index (κ3) is 4.72. The van der Waals surface area contributed by atoms with Crippen LogP contribution in [0.4, 0.5) is 5.95 Å². The number of nitrogens with zero attached hydrogens (tertiary/aromatic N) is 4. The number of amides is 1. The second kappa shape index (κ2) is 9.71. The molecule has 6 nitrogen and oxygen atoms in total. The summed E-state index contributed by atoms with van der Waals surface area (Å²) in [4.78, 5) is 24.2. The second-order valence-corrected chi connectivity index (χ2v) is 7.66. The van der Waals surface area contributed by atoms with Gasteiger partial charge in [-0.3, -0.25) is 10.1 Å². The predicted molar refractivity (Wildman–Crippen MR) is 116 cm³/mol. The molecule has 0 radical (unpaired) electrons. The van der Waals surface area contributed by atoms with Crippen LogP contribution < -0.4 is 5.32 Å². The van der Waals surface area contributed by atoms with Gasteiger partial charge in [-0.25, -0.2) is 9.97 Å². The number of fused-ring (bicyclic) bond motifs is 1. The molecule has 1 N–H and O–H groups in total. The van der Waals surface area contributed by atoms with Crippen LogP contribution in [0.3, 0.4) is 0 Å². The van der Waals surface area contributed by atoms with Crippen LogP contribution in [-0.2, 0) is 6.54 Å². The quantitative estimate of drug-likeness (QED) is 0.550. The molecule has 2 aromatic heterocycles. The van der Waals surface area contributed by atoms with E-state index in [0.29, 0.717) is 11.5 Å². The van der Waals surface area contributed by atoms with E-state index in [4.69, 9.17) is 0 Å². The summed E-state index contributed by atoms with van der Waals surface area (Å²) in [7, 11) is 0. The van der Waals surface area contributed by atoms with Crippen LogP contribution in [0.5, 0.6) is 0 Å². The van der Waals surface area contributed by atoms with Crippen LogP contribution in [-0.4, -0.2) is 50.7 Å². The topological polar surface area (TPSA) is 63.1 Å². The van der Waals surface area contributed by atoms with E-state index in [2.05, 4.69) is 45.5 Å². The number of benzene rings is 1. The molecule has 0 saturated carbocycles. The van der Waals surface area contributed by atoms with Gasteiger partial charge < -0.3 is 9.47 Å². The van der Waals surface area contributed by atoms with Gasteiger partial charge in [-0.1, -0.05) is 32.9 Å². The van der Waals surface area contributed by atoms with Crippen molar-refractivity contribution in [1.82, 2.24) is 19.4 Å². The molecule has 7 heteroatoms. The van der Waals surface area contributed by atoms with Crippen LogP contribution in [0.25, 0.3) is 11.0 Å². The first kappa shape index (κ1) is 20.4. The second-order valence-electron chi connectivity index (χ2n) is 6.37. The van der Waals surface area contributed by atoms with E-state index in [1.54, 1.807) is 24.0 Å². The zero-order chi connectivity index (χ0) is 19.9. The van der Waals surface area contributed by atoms with Crippen molar-refractivity contribution in [3.8, 4) is 0 Å². The van der Waals surface area contributed by atoms with E-state index in [-0.39, 0.29) is 5.91 Å². The van der Waals surface area contributed by atoms with E-state index < -0.39 is 0 Å². The highest BCUT2D eigenvalue weighted by Gasteiger charge is 2.15. The molecule has 0 aliphatic carbocycles. The molecule has 0 saturated heterocycles. The Morgan fingerprint density at radius 2 is 1.96 bits per heavy atom. The highest BCUT2D eigenvalue weighted by Crippen LogP contribution is 2.21. The molecule has 3 rings (SSSR count). The Bertz CT molecular complexity index is 935. The van der Waals surface area contributed by atoms with Gasteiger partial charge in [0.25, 0.3) is 5.91 Å². The minimum absolute atomic E-state index is 0.167. The van der Waals surface area contributed by atoms with Crippen LogP contribution in [0.1, 0.15) is 31.1 Å². The van der Waals surface area contributed by atoms with Crippen molar-refractivity contribution in [3.05, 3.63) is 48.2 Å². The lowest BCUT2D eigenvalue weighted by Gasteiger charge is -2.19. The molecule has 0 spiro atoms. The number of carbonyl (C=O) groups excluding carboxylic acids is 1. The summed E-state index contributed by atoms with van der Waals surface area (Å²) >= 11 is 1.62. The van der Waals surface area contributed by atoms with E-state index in [9.17, 15) is 4.79 Å². The van der Waals surface area contributed by atoms with Gasteiger partial charge in [0.15, 0.2) is 0 Å². The summed E-state index contributed by atoms with van der Waals surface area (Å²) in [5.74, 6) is 1.33. The lowest BCUT2D eigenvalue weighted by molar-refractivity contribution is 0.102. The van der Waals surface area contributed by atoms with Crippen molar-refractivity contribution in [2.24, 2.45) is 0 Å². The van der Waals surface area contributed by atoms with Crippen molar-refractivity contribution in [1.29, 1.82) is 0 Å². The SMILES string of the molecule is CCSc1cc(C(=O)Nc2nc3ccccc3n2CCN(CC)CC)ccn1. The number of hydrogen-bond donors (Lipinski definition) is 1. The summed E-state index contributed by atoms with van der Waals surface area (Å²) in [6.07, 6.45) is 1.68. The Hall–Kier alpha value is -2.38. The first-order valence-corrected chi connectivity index (χ1v) is 10.7. The number of nitrogens with one attached hydrogen (secondary N) is 1. The van der Waals surface area contributed by atoms with Gasteiger partial charge in [0, 0.05) is 24.8 Å². The van der Waals surface area contributed by atoms with Crippen LogP contribution >= 0.6 is 11.8 Å². The minimum Gasteiger partial charge on any atom is -0.309 e. The van der Waals surface area contributed by atoms with Crippen molar-refractivity contribution in [3.63, 3.8) is 0 Å². The molecule has 1 aromatic carbocycles. The van der Waals surface area contributed by atoms with Crippen molar-refractivity contribution >= 4 is 34.7 Å². The Balaban J connectivity index is 1.86. The highest BCUT2D eigenvalue weighted by atomic mass is 32.2. The molecule has 2 heterocycles. The number of thioether (sulfide) groups is 1. The fourth-order valence-corrected chi connectivity index (χ4v) is 3.77. The molecular weight excluding hydrogens is 370 g/mol. The average Bonchev–Trinajstić information content (AvgIpc) is 3.06. The molecule has 28 heavy (non-hydrogen) atoms. The fraction of sp³-hybridized carbons (Fsp3) is 0.381. The van der Waals surface area contributed by atoms with Crippen LogP contribution in [0, 0.1) is 0 Å². The number of para-hydroxylation sites is 2. The first-order chi connectivity index (χ1) is 13.7. The number of rotatable bonds is 9. The monoisotopic (exact) mass is 397 g/mol. The zero-order valence-corrected chi connectivity index (χ0v) is 17.5. The number of carbonyl (C=O) groups is 1. The molecule has 0 unspecified atom stereocenters. The molecular formula is C21H27N5OS. The van der Waals surface area contributed by atoms with Gasteiger partial charge >= 0.3 is 0 Å². The molecule has 0 aliphatic heterocycles. The number of imidazole rings is 1. The average molecular weight is 398 g/mol. The van der Waals surface area contributed by atoms with Gasteiger partial charge in [-0.15, -0.1) is 11.8 Å². The predicted octanol–water partition coefficient (Wildman–Crippen LogP) is 4.14. The molecule has 0 atom stereocenters. The maximum atomic E-state index is 12.8. The van der Waals surface area contributed by atoms with Gasteiger partial charge in [-0.2, -0.15) is 0 Å². The Labute approximate surface area is 170 Å². The molecule has 0 bridgehead atoms. The van der Waals surface area contributed by atoms with Gasteiger partial charge in [0.05, 0.1) is 16.1 Å². The van der Waals surface area contributed by atoms with Gasteiger partial charge in [0.2, 0.25) is 5.95 Å². The van der Waals surface area contributed by atoms with Crippen molar-refractivity contribution < 1.29 is 4.79 Å². The van der Waals surface area contributed by atoms with Gasteiger partial charge in [-0.05, 0) is 43.1 Å². The smallest absolute Gasteiger partial charge is 0.258 e. The van der Waals surface area contributed by atoms with Crippen molar-refractivity contribution in [2.75, 3.05) is 30.7 Å². The third-order valence-corrected chi connectivity index (χ3v) is 5.51. The fourth-order valence-electron chi connectivity index (χ4n) is 3.13. The van der Waals surface area contributed by atoms with Crippen LogP contribution in [0.2, 0.25) is 0 Å². The molecule has 0 fully saturated rings. The molecule has 0 aliphatic rings. The Kier molecular flexibility index (Phi) is 7.06. The number of pyridine rings is 1. The summed E-state index contributed by atoms with van der Waals surface area (Å²) in [6.45, 7) is 10.1. The molecule has 148 valence electrons. The summed E-state index contributed by atoms with van der Waals surface area (Å²) in [5.41, 5.74) is 2.50. The highest BCUT2D eigenvalue weighted by molar-refractivity contribution is 7.99. The number of anilines is 1. The maximum absolute atomic E-state index is 12.8. The van der Waals surface area contributed by atoms with E-state index in [0.717, 1.165) is 48.0 Å². The number of aromatic nitrogens is 3. The Morgan fingerprint density at radius 3 is 2.71 bits per heavy atom. The summed E-state index contributed by atoms with van der Waals surface area (Å²) in [6, 6.07) is 11.5. The summed E-state index contributed by atoms with van der Waals surface area (Å²) < 4.78 is 2.09. The van der Waals surface area contributed by atoms with Crippen molar-refractivity contribution in [2.45, 2.75) is 32.3 Å². The zero-order valence-electron chi connectivity index (χ0n) is 16.7. The normalized spacial score (nSPS) is 11.3.